The quantitative estimate of drug-likeness (QED) is 0.445. The first-order chi connectivity index (χ1) is 11.0. The van der Waals surface area contributed by atoms with Crippen molar-refractivity contribution in [2.75, 3.05) is 12.8 Å². The maximum atomic E-state index is 10.8. The molecule has 0 fully saturated rings. The van der Waals surface area contributed by atoms with Gasteiger partial charge in [-0.3, -0.25) is 4.55 Å². The standard InChI is InChI=1S/C7H7NO5S2.C6H5Cl2N/c1-8(14(9)10)6-3-2-4-7(5-6)15(11,12)13;7-4-2-1-3-5(8)6(4)9/h2-5H,1H3;1-3H,9H2/p+1. The highest BCUT2D eigenvalue weighted by molar-refractivity contribution is 7.85. The maximum absolute atomic E-state index is 10.8. The molecule has 0 bridgehead atoms. The first-order valence-electron chi connectivity index (χ1n) is 6.14. The zero-order valence-corrected chi connectivity index (χ0v) is 15.4. The Morgan fingerprint density at radius 2 is 1.58 bits per heavy atom. The molecule has 3 N–H and O–H groups in total. The van der Waals surface area contributed by atoms with Crippen LogP contribution >= 0.6 is 23.2 Å². The fourth-order valence-corrected chi connectivity index (χ4v) is 2.64. The first-order valence-corrected chi connectivity index (χ1v) is 9.37. The van der Waals surface area contributed by atoms with Crippen LogP contribution in [0.25, 0.3) is 0 Å². The van der Waals surface area contributed by atoms with E-state index in [2.05, 4.69) is 0 Å². The van der Waals surface area contributed by atoms with Crippen molar-refractivity contribution >= 4 is 55.2 Å². The van der Waals surface area contributed by atoms with Crippen LogP contribution in [0, 0.1) is 0 Å². The Balaban J connectivity index is 0.000000272. The smallest absolute Gasteiger partial charge is 0.396 e. The third-order valence-corrected chi connectivity index (χ3v) is 4.87. The number of anilines is 1. The van der Waals surface area contributed by atoms with Gasteiger partial charge < -0.3 is 5.73 Å². The average Bonchev–Trinajstić information content (AvgIpc) is 2.51. The van der Waals surface area contributed by atoms with Crippen molar-refractivity contribution in [2.45, 2.75) is 4.90 Å². The molecule has 0 heterocycles. The lowest BCUT2D eigenvalue weighted by Crippen LogP contribution is -2.00. The molecular formula is C13H13Cl2N2O5S2+. The molecule has 0 aliphatic carbocycles. The van der Waals surface area contributed by atoms with Crippen molar-refractivity contribution in [1.82, 2.24) is 0 Å². The highest BCUT2D eigenvalue weighted by atomic mass is 35.5. The summed E-state index contributed by atoms with van der Waals surface area (Å²) < 4.78 is 52.2. The lowest BCUT2D eigenvalue weighted by atomic mass is 10.3. The Morgan fingerprint density at radius 1 is 1.08 bits per heavy atom. The molecule has 2 rings (SSSR count). The second-order valence-electron chi connectivity index (χ2n) is 4.32. The number of hydrogen-bond donors (Lipinski definition) is 2. The molecule has 2 aromatic rings. The third-order valence-electron chi connectivity index (χ3n) is 2.70. The van der Waals surface area contributed by atoms with Crippen molar-refractivity contribution in [3.63, 3.8) is 0 Å². The summed E-state index contributed by atoms with van der Waals surface area (Å²) in [4.78, 5) is -0.350. The van der Waals surface area contributed by atoms with Crippen molar-refractivity contribution in [3.05, 3.63) is 52.5 Å². The maximum Gasteiger partial charge on any atom is 0.464 e. The number of rotatable bonds is 2. The van der Waals surface area contributed by atoms with Gasteiger partial charge in [-0.1, -0.05) is 39.3 Å². The Labute approximate surface area is 150 Å². The Bertz CT molecular complexity index is 961. The summed E-state index contributed by atoms with van der Waals surface area (Å²) in [6, 6.07) is 10.1. The van der Waals surface area contributed by atoms with Crippen LogP contribution in [0.15, 0.2) is 47.4 Å². The van der Waals surface area contributed by atoms with Gasteiger partial charge in [-0.15, -0.1) is 8.42 Å². The molecule has 0 saturated heterocycles. The van der Waals surface area contributed by atoms with Crippen LogP contribution in [0.3, 0.4) is 0 Å². The van der Waals surface area contributed by atoms with Crippen LogP contribution in [-0.2, 0) is 20.6 Å². The number of nitrogens with zero attached hydrogens (tertiary/aromatic N) is 1. The number of nitrogens with two attached hydrogens (primary N) is 1. The summed E-state index contributed by atoms with van der Waals surface area (Å²) in [5, 5.41) is 1.00. The Morgan fingerprint density at radius 3 is 2.00 bits per heavy atom. The van der Waals surface area contributed by atoms with E-state index in [9.17, 15) is 16.8 Å². The van der Waals surface area contributed by atoms with Gasteiger partial charge >= 0.3 is 10.5 Å². The SMILES string of the molecule is C[N+](c1cccc(S(=O)(=O)O)c1)=S(=O)=O.Nc1c(Cl)cccc1Cl. The molecule has 0 unspecified atom stereocenters. The van der Waals surface area contributed by atoms with Crippen LogP contribution in [0.4, 0.5) is 11.4 Å². The molecular weight excluding hydrogens is 399 g/mol. The minimum atomic E-state index is -4.31. The fourth-order valence-electron chi connectivity index (χ4n) is 1.44. The summed E-state index contributed by atoms with van der Waals surface area (Å²) in [7, 11) is -5.55. The molecule has 7 nitrogen and oxygen atoms in total. The van der Waals surface area contributed by atoms with E-state index in [1.807, 2.05) is 0 Å². The molecule has 0 aromatic heterocycles. The molecule has 0 saturated carbocycles. The van der Waals surface area contributed by atoms with E-state index >= 15 is 0 Å². The third kappa shape index (κ3) is 5.77. The molecule has 0 atom stereocenters. The summed E-state index contributed by atoms with van der Waals surface area (Å²) >= 11 is 11.2. The van der Waals surface area contributed by atoms with Crippen molar-refractivity contribution in [2.24, 2.45) is 0 Å². The van der Waals surface area contributed by atoms with E-state index in [1.54, 1.807) is 18.2 Å². The van der Waals surface area contributed by atoms with E-state index in [1.165, 1.54) is 25.2 Å². The van der Waals surface area contributed by atoms with Crippen LogP contribution in [-0.4, -0.2) is 32.4 Å². The molecule has 0 aliphatic rings. The normalized spacial score (nSPS) is 10.5. The van der Waals surface area contributed by atoms with E-state index in [0.29, 0.717) is 15.7 Å². The fraction of sp³-hybridized carbons (Fsp3) is 0.0769. The van der Waals surface area contributed by atoms with Gasteiger partial charge in [0.05, 0.1) is 15.7 Å². The first kappa shape index (κ1) is 20.4. The van der Waals surface area contributed by atoms with Crippen molar-refractivity contribution in [1.29, 1.82) is 0 Å². The van der Waals surface area contributed by atoms with Crippen molar-refractivity contribution < 1.29 is 25.3 Å². The van der Waals surface area contributed by atoms with Gasteiger partial charge in [0.2, 0.25) is 5.69 Å². The van der Waals surface area contributed by atoms with Gasteiger partial charge in [0.1, 0.15) is 4.90 Å². The summed E-state index contributed by atoms with van der Waals surface area (Å²) in [6.45, 7) is 0. The zero-order chi connectivity index (χ0) is 18.5. The lowest BCUT2D eigenvalue weighted by Gasteiger charge is -1.96. The number of para-hydroxylation sites is 1. The predicted octanol–water partition coefficient (Wildman–Crippen LogP) is 2.85. The molecule has 0 spiro atoms. The van der Waals surface area contributed by atoms with Gasteiger partial charge in [-0.05, 0) is 18.2 Å². The minimum Gasteiger partial charge on any atom is -0.396 e. The second-order valence-corrected chi connectivity index (χ2v) is 7.54. The number of benzene rings is 2. The molecule has 0 radical (unpaired) electrons. The van der Waals surface area contributed by atoms with Crippen LogP contribution in [0.2, 0.25) is 10.0 Å². The number of hydrogen-bond acceptors (Lipinski definition) is 5. The molecule has 0 amide bonds. The highest BCUT2D eigenvalue weighted by Crippen LogP contribution is 2.25. The molecule has 11 heteroatoms. The summed E-state index contributed by atoms with van der Waals surface area (Å²) in [5.41, 5.74) is 6.01. The van der Waals surface area contributed by atoms with Crippen LogP contribution in [0.5, 0.6) is 0 Å². The van der Waals surface area contributed by atoms with E-state index < -0.39 is 20.6 Å². The van der Waals surface area contributed by atoms with Crippen LogP contribution < -0.4 is 5.73 Å². The summed E-state index contributed by atoms with van der Waals surface area (Å²) in [5.74, 6) is 0. The number of nitrogen functional groups attached to an aromatic ring is 1. The van der Waals surface area contributed by atoms with Gasteiger partial charge in [-0.25, -0.2) is 0 Å². The number of halogens is 2. The molecule has 130 valence electrons. The van der Waals surface area contributed by atoms with Gasteiger partial charge in [0.15, 0.2) is 7.05 Å². The second kappa shape index (κ2) is 8.45. The van der Waals surface area contributed by atoms with Crippen molar-refractivity contribution in [3.8, 4) is 0 Å². The highest BCUT2D eigenvalue weighted by Gasteiger charge is 2.14. The average molecular weight is 412 g/mol. The lowest BCUT2D eigenvalue weighted by molar-refractivity contribution is -0.377. The molecule has 0 aliphatic heterocycles. The van der Waals surface area contributed by atoms with E-state index in [4.69, 9.17) is 33.5 Å². The minimum absolute atomic E-state index is 0.151. The Hall–Kier alpha value is -1.65. The zero-order valence-electron chi connectivity index (χ0n) is 12.2. The Kier molecular flexibility index (Phi) is 7.18. The topological polar surface area (TPSA) is 118 Å². The molecule has 24 heavy (non-hydrogen) atoms. The predicted molar refractivity (Wildman–Crippen MR) is 91.9 cm³/mol. The molecule has 2 aromatic carbocycles. The van der Waals surface area contributed by atoms with E-state index in [0.717, 1.165) is 10.0 Å². The monoisotopic (exact) mass is 411 g/mol. The van der Waals surface area contributed by atoms with Gasteiger partial charge in [-0.2, -0.15) is 8.42 Å². The van der Waals surface area contributed by atoms with Gasteiger partial charge in [0.25, 0.3) is 10.1 Å². The largest absolute Gasteiger partial charge is 0.464 e. The van der Waals surface area contributed by atoms with E-state index in [-0.39, 0.29) is 10.6 Å². The summed E-state index contributed by atoms with van der Waals surface area (Å²) in [6.07, 6.45) is 0. The van der Waals surface area contributed by atoms with Gasteiger partial charge in [0, 0.05) is 12.1 Å². The van der Waals surface area contributed by atoms with Crippen LogP contribution in [0.1, 0.15) is 0 Å².